The predicted octanol–water partition coefficient (Wildman–Crippen LogP) is 2.85. The summed E-state index contributed by atoms with van der Waals surface area (Å²) in [5.74, 6) is 0.286. The molecule has 0 bridgehead atoms. The molecule has 0 unspecified atom stereocenters. The first-order chi connectivity index (χ1) is 7.18. The first-order valence-electron chi connectivity index (χ1n) is 4.98. The zero-order valence-corrected chi connectivity index (χ0v) is 8.52. The zero-order chi connectivity index (χ0) is 10.8. The Morgan fingerprint density at radius 3 is 2.73 bits per heavy atom. The molecule has 1 aromatic rings. The van der Waals surface area contributed by atoms with Gasteiger partial charge >= 0.3 is 5.69 Å². The van der Waals surface area contributed by atoms with Gasteiger partial charge < -0.3 is 4.52 Å². The summed E-state index contributed by atoms with van der Waals surface area (Å²) in [6.45, 7) is 1.58. The molecule has 0 aromatic carbocycles. The van der Waals surface area contributed by atoms with Gasteiger partial charge in [-0.3, -0.25) is 10.1 Å². The minimum Gasteiger partial charge on any atom is -0.349 e. The highest BCUT2D eigenvalue weighted by Gasteiger charge is 2.23. The summed E-state index contributed by atoms with van der Waals surface area (Å²) in [6, 6.07) is 0. The van der Waals surface area contributed by atoms with Crippen molar-refractivity contribution in [3.63, 3.8) is 0 Å². The molecule has 0 spiro atoms. The van der Waals surface area contributed by atoms with Crippen molar-refractivity contribution in [3.05, 3.63) is 27.1 Å². The minimum atomic E-state index is -0.437. The summed E-state index contributed by atoms with van der Waals surface area (Å²) in [5.41, 5.74) is 1.55. The molecule has 1 saturated carbocycles. The molecule has 0 radical (unpaired) electrons. The number of aromatic nitrogens is 1. The Hall–Kier alpha value is -1.65. The SMILES string of the molecule is Cc1noc(C=C2CCCC2)c1[N+](=O)[O-]. The van der Waals surface area contributed by atoms with Gasteiger partial charge in [-0.15, -0.1) is 0 Å². The number of hydrogen-bond donors (Lipinski definition) is 0. The van der Waals surface area contributed by atoms with Crippen molar-refractivity contribution >= 4 is 11.8 Å². The van der Waals surface area contributed by atoms with E-state index in [9.17, 15) is 10.1 Å². The van der Waals surface area contributed by atoms with Gasteiger partial charge in [0.25, 0.3) is 0 Å². The molecular formula is C10H12N2O3. The van der Waals surface area contributed by atoms with Crippen molar-refractivity contribution in [1.82, 2.24) is 5.16 Å². The molecule has 5 nitrogen and oxygen atoms in total. The highest BCUT2D eigenvalue weighted by Crippen LogP contribution is 2.30. The van der Waals surface area contributed by atoms with Gasteiger partial charge in [0.15, 0.2) is 5.69 Å². The second-order valence-corrected chi connectivity index (χ2v) is 3.75. The maximum Gasteiger partial charge on any atom is 0.338 e. The molecule has 0 N–H and O–H groups in total. The van der Waals surface area contributed by atoms with E-state index < -0.39 is 4.92 Å². The third-order valence-electron chi connectivity index (χ3n) is 2.62. The minimum absolute atomic E-state index is 0.00519. The van der Waals surface area contributed by atoms with Crippen LogP contribution < -0.4 is 0 Å². The fourth-order valence-corrected chi connectivity index (χ4v) is 1.86. The van der Waals surface area contributed by atoms with Crippen molar-refractivity contribution in [2.24, 2.45) is 0 Å². The van der Waals surface area contributed by atoms with Gasteiger partial charge in [0.05, 0.1) is 4.92 Å². The van der Waals surface area contributed by atoms with Crippen LogP contribution in [0.5, 0.6) is 0 Å². The molecule has 5 heteroatoms. The van der Waals surface area contributed by atoms with Gasteiger partial charge in [-0.2, -0.15) is 0 Å². The molecule has 1 aromatic heterocycles. The van der Waals surface area contributed by atoms with E-state index in [0.717, 1.165) is 25.7 Å². The molecule has 0 saturated heterocycles. The Morgan fingerprint density at radius 2 is 2.13 bits per heavy atom. The molecule has 0 aliphatic heterocycles. The molecule has 0 atom stereocenters. The highest BCUT2D eigenvalue weighted by molar-refractivity contribution is 5.59. The van der Waals surface area contributed by atoms with Crippen LogP contribution in [0.1, 0.15) is 37.1 Å². The summed E-state index contributed by atoms with van der Waals surface area (Å²) in [7, 11) is 0. The Kier molecular flexibility index (Phi) is 2.53. The number of nitrogens with zero attached hydrogens (tertiary/aromatic N) is 2. The number of rotatable bonds is 2. The van der Waals surface area contributed by atoms with Crippen LogP contribution in [0.25, 0.3) is 6.08 Å². The molecular weight excluding hydrogens is 196 g/mol. The number of aryl methyl sites for hydroxylation is 1. The predicted molar refractivity (Wildman–Crippen MR) is 54.3 cm³/mol. The van der Waals surface area contributed by atoms with E-state index in [1.807, 2.05) is 0 Å². The Bertz CT molecular complexity index is 412. The second-order valence-electron chi connectivity index (χ2n) is 3.75. The van der Waals surface area contributed by atoms with Crippen LogP contribution in [0.15, 0.2) is 10.1 Å². The fourth-order valence-electron chi connectivity index (χ4n) is 1.86. The van der Waals surface area contributed by atoms with Crippen LogP contribution >= 0.6 is 0 Å². The van der Waals surface area contributed by atoms with E-state index >= 15 is 0 Å². The van der Waals surface area contributed by atoms with Crippen molar-refractivity contribution in [3.8, 4) is 0 Å². The molecule has 15 heavy (non-hydrogen) atoms. The molecule has 1 aliphatic carbocycles. The zero-order valence-electron chi connectivity index (χ0n) is 8.52. The van der Waals surface area contributed by atoms with Crippen molar-refractivity contribution < 1.29 is 9.45 Å². The van der Waals surface area contributed by atoms with Gasteiger partial charge in [0.1, 0.15) is 0 Å². The van der Waals surface area contributed by atoms with E-state index in [-0.39, 0.29) is 11.4 Å². The van der Waals surface area contributed by atoms with Gasteiger partial charge in [0, 0.05) is 0 Å². The summed E-state index contributed by atoms with van der Waals surface area (Å²) >= 11 is 0. The molecule has 80 valence electrons. The maximum atomic E-state index is 10.8. The maximum absolute atomic E-state index is 10.8. The van der Waals surface area contributed by atoms with Gasteiger partial charge in [0.2, 0.25) is 5.76 Å². The van der Waals surface area contributed by atoms with Crippen LogP contribution in [0, 0.1) is 17.0 Å². The molecule has 2 rings (SSSR count). The first kappa shape index (κ1) is 9.89. The van der Waals surface area contributed by atoms with E-state index in [4.69, 9.17) is 4.52 Å². The molecule has 1 aliphatic rings. The average Bonchev–Trinajstić information content (AvgIpc) is 2.76. The first-order valence-corrected chi connectivity index (χ1v) is 4.98. The van der Waals surface area contributed by atoms with E-state index in [1.165, 1.54) is 5.57 Å². The number of hydrogen-bond acceptors (Lipinski definition) is 4. The summed E-state index contributed by atoms with van der Waals surface area (Å²) in [6.07, 6.45) is 6.11. The van der Waals surface area contributed by atoms with E-state index in [2.05, 4.69) is 5.16 Å². The van der Waals surface area contributed by atoms with Crippen molar-refractivity contribution in [1.29, 1.82) is 0 Å². The Morgan fingerprint density at radius 1 is 1.47 bits per heavy atom. The Labute approximate surface area is 86.9 Å². The van der Waals surface area contributed by atoms with E-state index in [0.29, 0.717) is 5.69 Å². The molecule has 1 heterocycles. The monoisotopic (exact) mass is 208 g/mol. The number of nitro groups is 1. The molecule has 1 fully saturated rings. The quantitative estimate of drug-likeness (QED) is 0.553. The lowest BCUT2D eigenvalue weighted by Gasteiger charge is -1.92. The van der Waals surface area contributed by atoms with Crippen LogP contribution in [0.4, 0.5) is 5.69 Å². The van der Waals surface area contributed by atoms with E-state index in [1.54, 1.807) is 13.0 Å². The topological polar surface area (TPSA) is 69.2 Å². The van der Waals surface area contributed by atoms with Gasteiger partial charge in [-0.25, -0.2) is 0 Å². The normalized spacial score (nSPS) is 15.7. The number of allylic oxidation sites excluding steroid dienone is 1. The lowest BCUT2D eigenvalue weighted by atomic mass is 10.2. The third kappa shape index (κ3) is 1.91. The summed E-state index contributed by atoms with van der Waals surface area (Å²) in [4.78, 5) is 10.3. The lowest BCUT2D eigenvalue weighted by molar-refractivity contribution is -0.386. The third-order valence-corrected chi connectivity index (χ3v) is 2.62. The van der Waals surface area contributed by atoms with Crippen LogP contribution in [-0.4, -0.2) is 10.1 Å². The second kappa shape index (κ2) is 3.84. The van der Waals surface area contributed by atoms with Crippen molar-refractivity contribution in [2.45, 2.75) is 32.6 Å². The van der Waals surface area contributed by atoms with Crippen molar-refractivity contribution in [2.75, 3.05) is 0 Å². The Balaban J connectivity index is 2.35. The fraction of sp³-hybridized carbons (Fsp3) is 0.500. The smallest absolute Gasteiger partial charge is 0.338 e. The summed E-state index contributed by atoms with van der Waals surface area (Å²) < 4.78 is 4.95. The van der Waals surface area contributed by atoms with Gasteiger partial charge in [-0.1, -0.05) is 10.7 Å². The van der Waals surface area contributed by atoms with Crippen LogP contribution in [0.2, 0.25) is 0 Å². The lowest BCUT2D eigenvalue weighted by Crippen LogP contribution is -1.90. The van der Waals surface area contributed by atoms with Gasteiger partial charge in [-0.05, 0) is 38.7 Å². The average molecular weight is 208 g/mol. The van der Waals surface area contributed by atoms with Crippen LogP contribution in [-0.2, 0) is 0 Å². The molecule has 0 amide bonds. The van der Waals surface area contributed by atoms with Crippen LogP contribution in [0.3, 0.4) is 0 Å². The standard InChI is InChI=1S/C10H12N2O3/c1-7-10(12(13)14)9(15-11-7)6-8-4-2-3-5-8/h6H,2-5H2,1H3. The highest BCUT2D eigenvalue weighted by atomic mass is 16.6. The summed E-state index contributed by atoms with van der Waals surface area (Å²) in [5, 5.41) is 14.4. The largest absolute Gasteiger partial charge is 0.349 e.